The summed E-state index contributed by atoms with van der Waals surface area (Å²) in [6.45, 7) is 2.77. The van der Waals surface area contributed by atoms with Crippen molar-refractivity contribution in [2.45, 2.75) is 25.0 Å². The summed E-state index contributed by atoms with van der Waals surface area (Å²) in [5.74, 6) is 0.552. The Morgan fingerprint density at radius 3 is 2.72 bits per heavy atom. The first kappa shape index (κ1) is 18.1. The Morgan fingerprint density at radius 2 is 2.04 bits per heavy atom. The van der Waals surface area contributed by atoms with Crippen molar-refractivity contribution in [1.29, 1.82) is 0 Å². The van der Waals surface area contributed by atoms with Crippen molar-refractivity contribution >= 4 is 0 Å². The van der Waals surface area contributed by atoms with E-state index in [0.717, 1.165) is 18.7 Å². The van der Waals surface area contributed by atoms with Crippen LogP contribution in [0.2, 0.25) is 0 Å². The zero-order valence-electron chi connectivity index (χ0n) is 15.5. The van der Waals surface area contributed by atoms with Gasteiger partial charge in [0.25, 0.3) is 0 Å². The van der Waals surface area contributed by atoms with E-state index in [1.54, 1.807) is 0 Å². The minimum absolute atomic E-state index is 0.402. The molecule has 1 N–H and O–H groups in total. The van der Waals surface area contributed by atoms with E-state index in [2.05, 4.69) is 35.2 Å². The van der Waals surface area contributed by atoms with Crippen molar-refractivity contribution in [1.82, 2.24) is 19.6 Å². The van der Waals surface area contributed by atoms with E-state index in [1.807, 2.05) is 48.3 Å². The number of rotatable bonds is 6. The maximum absolute atomic E-state index is 10.5. The molecule has 5 nitrogen and oxygen atoms in total. The first-order valence-electron chi connectivity index (χ1n) is 9.15. The van der Waals surface area contributed by atoms with Crippen molar-refractivity contribution in [3.63, 3.8) is 0 Å². The average molecular weight is 342 g/mol. The molecule has 2 heterocycles. The van der Waals surface area contributed by atoms with Crippen LogP contribution in [0.4, 0.5) is 0 Å². The lowest BCUT2D eigenvalue weighted by molar-refractivity contribution is 0.0711. The molecule has 3 atom stereocenters. The van der Waals surface area contributed by atoms with Gasteiger partial charge in [-0.2, -0.15) is 5.10 Å². The van der Waals surface area contributed by atoms with Crippen LogP contribution < -0.4 is 0 Å². The number of hydrogen-bond acceptors (Lipinski definition) is 4. The van der Waals surface area contributed by atoms with E-state index in [4.69, 9.17) is 0 Å². The second-order valence-corrected chi connectivity index (χ2v) is 7.42. The maximum Gasteiger partial charge on any atom is 0.0916 e. The van der Waals surface area contributed by atoms with Crippen LogP contribution in [0.25, 0.3) is 0 Å². The van der Waals surface area contributed by atoms with Crippen molar-refractivity contribution in [2.75, 3.05) is 33.7 Å². The van der Waals surface area contributed by atoms with Gasteiger partial charge < -0.3 is 10.0 Å². The zero-order valence-corrected chi connectivity index (χ0v) is 15.5. The number of hydrogen-bond donors (Lipinski definition) is 1. The fourth-order valence-electron chi connectivity index (χ4n) is 4.12. The molecular formula is C20H30N4O. The Bertz CT molecular complexity index is 657. The molecule has 0 amide bonds. The number of aliphatic hydroxyl groups is 1. The first-order valence-corrected chi connectivity index (χ1v) is 9.15. The van der Waals surface area contributed by atoms with E-state index < -0.39 is 6.10 Å². The van der Waals surface area contributed by atoms with Crippen LogP contribution in [0.5, 0.6) is 0 Å². The molecule has 2 aromatic rings. The number of piperidine rings is 1. The second-order valence-electron chi connectivity index (χ2n) is 7.42. The predicted molar refractivity (Wildman–Crippen MR) is 100 cm³/mol. The summed E-state index contributed by atoms with van der Waals surface area (Å²) in [7, 11) is 6.30. The smallest absolute Gasteiger partial charge is 0.0916 e. The molecule has 136 valence electrons. The van der Waals surface area contributed by atoms with Crippen LogP contribution in [0.15, 0.2) is 42.7 Å². The number of aryl methyl sites for hydroxylation is 1. The highest BCUT2D eigenvalue weighted by Crippen LogP contribution is 2.35. The monoisotopic (exact) mass is 342 g/mol. The predicted octanol–water partition coefficient (Wildman–Crippen LogP) is 2.47. The van der Waals surface area contributed by atoms with E-state index >= 15 is 0 Å². The summed E-state index contributed by atoms with van der Waals surface area (Å²) in [6, 6.07) is 10.3. The third-order valence-corrected chi connectivity index (χ3v) is 5.29. The molecule has 3 rings (SSSR count). The molecule has 1 unspecified atom stereocenters. The number of likely N-dealkylation sites (N-methyl/N-ethyl adjacent to an activating group) is 1. The molecule has 25 heavy (non-hydrogen) atoms. The molecule has 1 aromatic heterocycles. The third kappa shape index (κ3) is 4.48. The lowest BCUT2D eigenvalue weighted by atomic mass is 9.85. The van der Waals surface area contributed by atoms with Crippen LogP contribution in [0, 0.1) is 5.92 Å². The summed E-state index contributed by atoms with van der Waals surface area (Å²) in [5, 5.41) is 14.9. The third-order valence-electron chi connectivity index (χ3n) is 5.29. The number of likely N-dealkylation sites (tertiary alicyclic amines) is 1. The average Bonchev–Trinajstić information content (AvgIpc) is 3.01. The molecule has 0 radical (unpaired) electrons. The fourth-order valence-corrected chi connectivity index (χ4v) is 4.12. The highest BCUT2D eigenvalue weighted by atomic mass is 16.3. The quantitative estimate of drug-likeness (QED) is 0.876. The Morgan fingerprint density at radius 1 is 1.28 bits per heavy atom. The van der Waals surface area contributed by atoms with Crippen LogP contribution in [0.1, 0.15) is 36.1 Å². The molecule has 1 aliphatic rings. The standard InChI is InChI=1S/C20H30N4O/c1-22(15-19(25)16-8-5-4-6-9-16)13-17-10-7-11-23(2)20(17)18-12-21-24(3)14-18/h4-6,8-9,12,14,17,19-20,25H,7,10-11,13,15H2,1-3H3/t17-,19?,20+/m0/s1. The molecule has 0 saturated carbocycles. The Hall–Kier alpha value is -1.69. The van der Waals surface area contributed by atoms with Crippen molar-refractivity contribution in [3.8, 4) is 0 Å². The van der Waals surface area contributed by atoms with Gasteiger partial charge in [-0.1, -0.05) is 30.3 Å². The van der Waals surface area contributed by atoms with Crippen molar-refractivity contribution < 1.29 is 5.11 Å². The van der Waals surface area contributed by atoms with Gasteiger partial charge in [0.15, 0.2) is 0 Å². The van der Waals surface area contributed by atoms with Gasteiger partial charge in [0, 0.05) is 37.9 Å². The topological polar surface area (TPSA) is 44.5 Å². The lowest BCUT2D eigenvalue weighted by Gasteiger charge is -2.40. The maximum atomic E-state index is 10.5. The van der Waals surface area contributed by atoms with Gasteiger partial charge in [-0.05, 0) is 45.0 Å². The van der Waals surface area contributed by atoms with Crippen LogP contribution in [-0.2, 0) is 7.05 Å². The highest BCUT2D eigenvalue weighted by molar-refractivity contribution is 5.17. The lowest BCUT2D eigenvalue weighted by Crippen LogP contribution is -2.41. The Labute approximate surface area is 150 Å². The van der Waals surface area contributed by atoms with Crippen LogP contribution >= 0.6 is 0 Å². The van der Waals surface area contributed by atoms with Gasteiger partial charge in [-0.25, -0.2) is 0 Å². The largest absolute Gasteiger partial charge is 0.387 e. The number of aliphatic hydroxyl groups excluding tert-OH is 1. The minimum atomic E-state index is -0.440. The Kier molecular flexibility index (Phi) is 5.89. The number of benzene rings is 1. The molecule has 0 bridgehead atoms. The summed E-state index contributed by atoms with van der Waals surface area (Å²) in [6.07, 6.45) is 6.14. The summed E-state index contributed by atoms with van der Waals surface area (Å²) >= 11 is 0. The minimum Gasteiger partial charge on any atom is -0.387 e. The van der Waals surface area contributed by atoms with E-state index in [1.165, 1.54) is 18.4 Å². The highest BCUT2D eigenvalue weighted by Gasteiger charge is 2.32. The van der Waals surface area contributed by atoms with Gasteiger partial charge in [-0.3, -0.25) is 9.58 Å². The van der Waals surface area contributed by atoms with Gasteiger partial charge in [0.1, 0.15) is 0 Å². The SMILES string of the molecule is CN(CC(O)c1ccccc1)C[C@@H]1CCCN(C)[C@H]1c1cnn(C)c1. The van der Waals surface area contributed by atoms with Crippen LogP contribution in [0.3, 0.4) is 0 Å². The van der Waals surface area contributed by atoms with Crippen molar-refractivity contribution in [3.05, 3.63) is 53.9 Å². The van der Waals surface area contributed by atoms with Gasteiger partial charge in [0.2, 0.25) is 0 Å². The van der Waals surface area contributed by atoms with Crippen molar-refractivity contribution in [2.24, 2.45) is 13.0 Å². The van der Waals surface area contributed by atoms with E-state index in [0.29, 0.717) is 18.5 Å². The fraction of sp³-hybridized carbons (Fsp3) is 0.550. The molecule has 1 fully saturated rings. The van der Waals surface area contributed by atoms with Gasteiger partial charge in [0.05, 0.1) is 12.3 Å². The van der Waals surface area contributed by atoms with Gasteiger partial charge >= 0.3 is 0 Å². The summed E-state index contributed by atoms with van der Waals surface area (Å²) in [5.41, 5.74) is 2.28. The molecule has 0 spiro atoms. The number of nitrogens with zero attached hydrogens (tertiary/aromatic N) is 4. The first-order chi connectivity index (χ1) is 12.0. The molecule has 0 aliphatic carbocycles. The second kappa shape index (κ2) is 8.13. The molecule has 1 aliphatic heterocycles. The molecular weight excluding hydrogens is 312 g/mol. The van der Waals surface area contributed by atoms with Crippen LogP contribution in [-0.4, -0.2) is 58.4 Å². The normalized spacial score (nSPS) is 23.1. The summed E-state index contributed by atoms with van der Waals surface area (Å²) in [4.78, 5) is 4.72. The number of aromatic nitrogens is 2. The molecule has 1 aromatic carbocycles. The Balaban J connectivity index is 1.65. The molecule has 1 saturated heterocycles. The van der Waals surface area contributed by atoms with Gasteiger partial charge in [-0.15, -0.1) is 0 Å². The summed E-state index contributed by atoms with van der Waals surface area (Å²) < 4.78 is 1.89. The van der Waals surface area contributed by atoms with E-state index in [-0.39, 0.29) is 0 Å². The molecule has 5 heteroatoms. The zero-order chi connectivity index (χ0) is 17.8. The van der Waals surface area contributed by atoms with E-state index in [9.17, 15) is 5.11 Å².